The number of fused-ring (bicyclic) bond motifs is 1. The molecule has 110 valence electrons. The molecule has 1 aliphatic heterocycles. The van der Waals surface area contributed by atoms with Crippen molar-refractivity contribution in [2.24, 2.45) is 0 Å². The molecule has 0 amide bonds. The molecule has 1 aromatic heterocycles. The van der Waals surface area contributed by atoms with Crippen LogP contribution < -0.4 is 5.32 Å². The predicted octanol–water partition coefficient (Wildman–Crippen LogP) is 3.46. The first-order valence-corrected chi connectivity index (χ1v) is 8.78. The average Bonchev–Trinajstić information content (AvgIpc) is 2.55. The molecule has 1 aromatic carbocycles. The van der Waals surface area contributed by atoms with E-state index in [1.54, 1.807) is 11.8 Å². The van der Waals surface area contributed by atoms with Gasteiger partial charge < -0.3 is 5.32 Å². The molecule has 3 rings (SSSR count). The van der Waals surface area contributed by atoms with E-state index >= 15 is 0 Å². The molecule has 0 saturated carbocycles. The summed E-state index contributed by atoms with van der Waals surface area (Å²) in [4.78, 5) is 10.9. The second-order valence-electron chi connectivity index (χ2n) is 5.32. The van der Waals surface area contributed by atoms with Gasteiger partial charge in [-0.05, 0) is 43.3 Å². The molecule has 1 aliphatic rings. The van der Waals surface area contributed by atoms with Crippen LogP contribution in [0.25, 0.3) is 11.4 Å². The summed E-state index contributed by atoms with van der Waals surface area (Å²) in [5.74, 6) is 0.869. The van der Waals surface area contributed by atoms with Gasteiger partial charge in [-0.15, -0.1) is 11.8 Å². The number of nitrogens with one attached hydrogen (secondary N) is 1. The van der Waals surface area contributed by atoms with Crippen molar-refractivity contribution in [2.45, 2.75) is 37.6 Å². The number of hydrogen-bond acceptors (Lipinski definition) is 4. The van der Waals surface area contributed by atoms with Gasteiger partial charge in [0.1, 0.15) is 0 Å². The van der Waals surface area contributed by atoms with Gasteiger partial charge in [-0.25, -0.2) is 9.97 Å². The maximum absolute atomic E-state index is 4.86. The molecule has 1 N–H and O–H groups in total. The number of nitrogens with zero attached hydrogens (tertiary/aromatic N) is 2. The largest absolute Gasteiger partial charge is 0.311 e. The van der Waals surface area contributed by atoms with Crippen molar-refractivity contribution in [3.63, 3.8) is 0 Å². The molecule has 0 saturated heterocycles. The zero-order valence-corrected chi connectivity index (χ0v) is 13.5. The highest BCUT2D eigenvalue weighted by Gasteiger charge is 2.17. The predicted molar refractivity (Wildman–Crippen MR) is 88.7 cm³/mol. The highest BCUT2D eigenvalue weighted by molar-refractivity contribution is 7.98. The van der Waals surface area contributed by atoms with Crippen molar-refractivity contribution < 1.29 is 0 Å². The van der Waals surface area contributed by atoms with Crippen molar-refractivity contribution >= 4 is 11.8 Å². The summed E-state index contributed by atoms with van der Waals surface area (Å²) in [7, 11) is 0. The lowest BCUT2D eigenvalue weighted by Crippen LogP contribution is -2.26. The van der Waals surface area contributed by atoms with Gasteiger partial charge in [0, 0.05) is 22.7 Å². The van der Waals surface area contributed by atoms with Gasteiger partial charge in [-0.2, -0.15) is 0 Å². The third-order valence-corrected chi connectivity index (χ3v) is 4.60. The van der Waals surface area contributed by atoms with Crippen LogP contribution in [0.1, 0.15) is 30.3 Å². The van der Waals surface area contributed by atoms with Gasteiger partial charge in [0.25, 0.3) is 0 Å². The Morgan fingerprint density at radius 2 is 2.00 bits per heavy atom. The van der Waals surface area contributed by atoms with Crippen LogP contribution in [0.2, 0.25) is 0 Å². The summed E-state index contributed by atoms with van der Waals surface area (Å²) in [5.41, 5.74) is 4.91. The molecule has 0 bridgehead atoms. The van der Waals surface area contributed by atoms with E-state index in [-0.39, 0.29) is 0 Å². The maximum Gasteiger partial charge on any atom is 0.159 e. The minimum absolute atomic E-state index is 0.866. The van der Waals surface area contributed by atoms with Crippen LogP contribution in [0.4, 0.5) is 0 Å². The minimum Gasteiger partial charge on any atom is -0.311 e. The molecular formula is C17H21N3S. The number of thioether (sulfide) groups is 1. The molecule has 0 atom stereocenters. The Hall–Kier alpha value is -1.39. The zero-order chi connectivity index (χ0) is 14.7. The Morgan fingerprint density at radius 3 is 2.71 bits per heavy atom. The topological polar surface area (TPSA) is 37.8 Å². The summed E-state index contributed by atoms with van der Waals surface area (Å²) in [6.07, 6.45) is 5.31. The van der Waals surface area contributed by atoms with Gasteiger partial charge in [0.2, 0.25) is 0 Å². The van der Waals surface area contributed by atoms with Crippen LogP contribution in [-0.2, 0) is 19.4 Å². The average molecular weight is 299 g/mol. The van der Waals surface area contributed by atoms with E-state index in [2.05, 4.69) is 42.8 Å². The standard InChI is InChI=1S/C17H21N3S/c1-3-4-15-14-9-10-18-11-16(14)20-17(19-15)12-5-7-13(21-2)8-6-12/h5-8,18H,3-4,9-11H2,1-2H3. The molecule has 21 heavy (non-hydrogen) atoms. The molecular weight excluding hydrogens is 278 g/mol. The molecule has 2 aromatic rings. The molecule has 4 heteroatoms. The van der Waals surface area contributed by atoms with Crippen molar-refractivity contribution in [3.8, 4) is 11.4 Å². The number of aryl methyl sites for hydroxylation is 1. The zero-order valence-electron chi connectivity index (χ0n) is 12.6. The second kappa shape index (κ2) is 6.58. The van der Waals surface area contributed by atoms with E-state index < -0.39 is 0 Å². The smallest absolute Gasteiger partial charge is 0.159 e. The Bertz CT molecular complexity index is 623. The summed E-state index contributed by atoms with van der Waals surface area (Å²) >= 11 is 1.76. The van der Waals surface area contributed by atoms with E-state index in [1.807, 2.05) is 0 Å². The van der Waals surface area contributed by atoms with Gasteiger partial charge in [0.15, 0.2) is 5.82 Å². The summed E-state index contributed by atoms with van der Waals surface area (Å²) in [5, 5.41) is 3.41. The highest BCUT2D eigenvalue weighted by atomic mass is 32.2. The van der Waals surface area contributed by atoms with Crippen molar-refractivity contribution in [3.05, 3.63) is 41.2 Å². The van der Waals surface area contributed by atoms with Crippen LogP contribution >= 0.6 is 11.8 Å². The van der Waals surface area contributed by atoms with E-state index in [4.69, 9.17) is 9.97 Å². The van der Waals surface area contributed by atoms with Crippen LogP contribution in [0.5, 0.6) is 0 Å². The Labute approximate surface area is 130 Å². The Kier molecular flexibility index (Phi) is 4.56. The second-order valence-corrected chi connectivity index (χ2v) is 6.20. The van der Waals surface area contributed by atoms with E-state index in [0.717, 1.165) is 43.7 Å². The normalized spacial score (nSPS) is 14.0. The molecule has 0 radical (unpaired) electrons. The molecule has 2 heterocycles. The van der Waals surface area contributed by atoms with E-state index in [0.29, 0.717) is 0 Å². The van der Waals surface area contributed by atoms with E-state index in [9.17, 15) is 0 Å². The Morgan fingerprint density at radius 1 is 1.19 bits per heavy atom. The summed E-state index contributed by atoms with van der Waals surface area (Å²) in [6.45, 7) is 4.11. The molecule has 0 aliphatic carbocycles. The third-order valence-electron chi connectivity index (χ3n) is 3.86. The monoisotopic (exact) mass is 299 g/mol. The van der Waals surface area contributed by atoms with Crippen LogP contribution in [-0.4, -0.2) is 22.8 Å². The van der Waals surface area contributed by atoms with Crippen LogP contribution in [0.3, 0.4) is 0 Å². The number of benzene rings is 1. The number of aromatic nitrogens is 2. The lowest BCUT2D eigenvalue weighted by Gasteiger charge is -2.20. The van der Waals surface area contributed by atoms with Crippen molar-refractivity contribution in [1.82, 2.24) is 15.3 Å². The SMILES string of the molecule is CCCc1nc(-c2ccc(SC)cc2)nc2c1CCNC2. The third kappa shape index (κ3) is 3.11. The maximum atomic E-state index is 4.86. The molecule has 0 fully saturated rings. The van der Waals surface area contributed by atoms with E-state index in [1.165, 1.54) is 21.8 Å². The van der Waals surface area contributed by atoms with Crippen LogP contribution in [0, 0.1) is 0 Å². The fourth-order valence-electron chi connectivity index (χ4n) is 2.75. The fourth-order valence-corrected chi connectivity index (χ4v) is 3.16. The van der Waals surface area contributed by atoms with Gasteiger partial charge in [-0.3, -0.25) is 0 Å². The number of rotatable bonds is 4. The summed E-state index contributed by atoms with van der Waals surface area (Å²) in [6, 6.07) is 8.53. The molecule has 0 spiro atoms. The molecule has 0 unspecified atom stereocenters. The van der Waals surface area contributed by atoms with Crippen LogP contribution in [0.15, 0.2) is 29.2 Å². The highest BCUT2D eigenvalue weighted by Crippen LogP contribution is 2.24. The minimum atomic E-state index is 0.866. The van der Waals surface area contributed by atoms with Crippen molar-refractivity contribution in [1.29, 1.82) is 0 Å². The first-order chi connectivity index (χ1) is 10.3. The van der Waals surface area contributed by atoms with Gasteiger partial charge >= 0.3 is 0 Å². The van der Waals surface area contributed by atoms with Crippen molar-refractivity contribution in [2.75, 3.05) is 12.8 Å². The summed E-state index contributed by atoms with van der Waals surface area (Å²) < 4.78 is 0. The quantitative estimate of drug-likeness (QED) is 0.877. The Balaban J connectivity index is 2.03. The fraction of sp³-hybridized carbons (Fsp3) is 0.412. The lowest BCUT2D eigenvalue weighted by molar-refractivity contribution is 0.614. The first kappa shape index (κ1) is 14.5. The first-order valence-electron chi connectivity index (χ1n) is 7.55. The molecule has 3 nitrogen and oxygen atoms in total. The lowest BCUT2D eigenvalue weighted by atomic mass is 10.0. The van der Waals surface area contributed by atoms with Gasteiger partial charge in [-0.1, -0.05) is 25.5 Å². The van der Waals surface area contributed by atoms with Gasteiger partial charge in [0.05, 0.1) is 5.69 Å². The number of hydrogen-bond donors (Lipinski definition) is 1.